The Morgan fingerprint density at radius 3 is 2.41 bits per heavy atom. The van der Waals surface area contributed by atoms with Gasteiger partial charge < -0.3 is 20.3 Å². The van der Waals surface area contributed by atoms with Gasteiger partial charge in [-0.15, -0.1) is 0 Å². The standard InChI is InChI=1S/C23H32N4O2/c1-17(2)29-21-12-10-20(11-13-21)26-23(24-15-14-22(28)27(4)5)25-16-19-9-7-6-8-18(19)3/h6-13,17H,14-16H2,1-5H3,(H2,24,25,26). The number of aliphatic imine (C=N–C) groups is 1. The first-order valence-corrected chi connectivity index (χ1v) is 9.92. The molecule has 0 fully saturated rings. The lowest BCUT2D eigenvalue weighted by molar-refractivity contribution is -0.128. The van der Waals surface area contributed by atoms with E-state index in [9.17, 15) is 4.79 Å². The fourth-order valence-electron chi connectivity index (χ4n) is 2.63. The number of hydrogen-bond donors (Lipinski definition) is 2. The number of benzene rings is 2. The molecule has 1 amide bonds. The SMILES string of the molecule is Cc1ccccc1CN=C(NCCC(=O)N(C)C)Nc1ccc(OC(C)C)cc1. The smallest absolute Gasteiger partial charge is 0.223 e. The van der Waals surface area contributed by atoms with E-state index in [0.29, 0.717) is 25.5 Å². The summed E-state index contributed by atoms with van der Waals surface area (Å²) in [5.74, 6) is 1.54. The number of amides is 1. The molecule has 0 bridgehead atoms. The van der Waals surface area contributed by atoms with Crippen molar-refractivity contribution >= 4 is 17.6 Å². The van der Waals surface area contributed by atoms with Gasteiger partial charge in [-0.2, -0.15) is 0 Å². The van der Waals surface area contributed by atoms with E-state index in [4.69, 9.17) is 9.73 Å². The van der Waals surface area contributed by atoms with Crippen molar-refractivity contribution in [1.82, 2.24) is 10.2 Å². The monoisotopic (exact) mass is 396 g/mol. The molecule has 6 nitrogen and oxygen atoms in total. The van der Waals surface area contributed by atoms with Gasteiger partial charge in [-0.25, -0.2) is 4.99 Å². The van der Waals surface area contributed by atoms with Crippen molar-refractivity contribution < 1.29 is 9.53 Å². The highest BCUT2D eigenvalue weighted by Gasteiger charge is 2.06. The molecule has 2 N–H and O–H groups in total. The number of nitrogens with zero attached hydrogens (tertiary/aromatic N) is 2. The third-order valence-electron chi connectivity index (χ3n) is 4.29. The van der Waals surface area contributed by atoms with Crippen LogP contribution in [0.5, 0.6) is 5.75 Å². The number of anilines is 1. The zero-order valence-electron chi connectivity index (χ0n) is 18.0. The Kier molecular flexibility index (Phi) is 8.52. The number of hydrogen-bond acceptors (Lipinski definition) is 3. The van der Waals surface area contributed by atoms with Gasteiger partial charge >= 0.3 is 0 Å². The molecule has 0 saturated heterocycles. The van der Waals surface area contributed by atoms with Gasteiger partial charge in [0.1, 0.15) is 5.75 Å². The molecule has 0 aliphatic heterocycles. The molecule has 0 atom stereocenters. The highest BCUT2D eigenvalue weighted by atomic mass is 16.5. The summed E-state index contributed by atoms with van der Waals surface area (Å²) in [6.45, 7) is 7.14. The summed E-state index contributed by atoms with van der Waals surface area (Å²) in [5, 5.41) is 6.56. The van der Waals surface area contributed by atoms with Gasteiger partial charge in [0.25, 0.3) is 0 Å². The lowest BCUT2D eigenvalue weighted by Crippen LogP contribution is -2.34. The molecule has 0 radical (unpaired) electrons. The molecule has 156 valence electrons. The first kappa shape index (κ1) is 22.3. The Morgan fingerprint density at radius 2 is 1.79 bits per heavy atom. The van der Waals surface area contributed by atoms with Crippen molar-refractivity contribution in [2.75, 3.05) is 26.0 Å². The normalized spacial score (nSPS) is 11.3. The Labute approximate surface area is 174 Å². The fourth-order valence-corrected chi connectivity index (χ4v) is 2.63. The van der Waals surface area contributed by atoms with Gasteiger partial charge in [0, 0.05) is 32.7 Å². The van der Waals surface area contributed by atoms with Crippen LogP contribution in [0.3, 0.4) is 0 Å². The van der Waals surface area contributed by atoms with E-state index < -0.39 is 0 Å². The van der Waals surface area contributed by atoms with E-state index in [0.717, 1.165) is 11.4 Å². The molecular formula is C23H32N4O2. The van der Waals surface area contributed by atoms with E-state index in [1.54, 1.807) is 19.0 Å². The number of nitrogens with one attached hydrogen (secondary N) is 2. The molecule has 0 saturated carbocycles. The van der Waals surface area contributed by atoms with Crippen LogP contribution in [0.1, 0.15) is 31.4 Å². The first-order valence-electron chi connectivity index (χ1n) is 9.92. The highest BCUT2D eigenvalue weighted by Crippen LogP contribution is 2.17. The molecule has 0 aliphatic rings. The second-order valence-corrected chi connectivity index (χ2v) is 7.37. The summed E-state index contributed by atoms with van der Waals surface area (Å²) in [5.41, 5.74) is 3.27. The summed E-state index contributed by atoms with van der Waals surface area (Å²) in [6.07, 6.45) is 0.537. The number of carbonyl (C=O) groups excluding carboxylic acids is 1. The zero-order valence-corrected chi connectivity index (χ0v) is 18.0. The average molecular weight is 397 g/mol. The van der Waals surface area contributed by atoms with E-state index in [-0.39, 0.29) is 12.0 Å². The van der Waals surface area contributed by atoms with Crippen molar-refractivity contribution in [1.29, 1.82) is 0 Å². The number of aryl methyl sites for hydroxylation is 1. The third-order valence-corrected chi connectivity index (χ3v) is 4.29. The summed E-state index contributed by atoms with van der Waals surface area (Å²) < 4.78 is 5.69. The van der Waals surface area contributed by atoms with Gasteiger partial charge in [0.15, 0.2) is 5.96 Å². The minimum Gasteiger partial charge on any atom is -0.491 e. The lowest BCUT2D eigenvalue weighted by atomic mass is 10.1. The lowest BCUT2D eigenvalue weighted by Gasteiger charge is -2.15. The van der Waals surface area contributed by atoms with Crippen molar-refractivity contribution in [3.05, 3.63) is 59.7 Å². The molecule has 0 aliphatic carbocycles. The largest absolute Gasteiger partial charge is 0.491 e. The highest BCUT2D eigenvalue weighted by molar-refractivity contribution is 5.94. The predicted octanol–water partition coefficient (Wildman–Crippen LogP) is 3.82. The van der Waals surface area contributed by atoms with Gasteiger partial charge in [-0.05, 0) is 56.2 Å². The van der Waals surface area contributed by atoms with Crippen LogP contribution in [-0.4, -0.2) is 43.5 Å². The average Bonchev–Trinajstić information content (AvgIpc) is 2.67. The number of rotatable bonds is 8. The summed E-state index contributed by atoms with van der Waals surface area (Å²) in [6, 6.07) is 15.9. The van der Waals surface area contributed by atoms with Crippen molar-refractivity contribution in [2.24, 2.45) is 4.99 Å². The van der Waals surface area contributed by atoms with Gasteiger partial charge in [0.05, 0.1) is 12.6 Å². The molecule has 2 rings (SSSR count). The summed E-state index contributed by atoms with van der Waals surface area (Å²) in [7, 11) is 3.52. The molecule has 29 heavy (non-hydrogen) atoms. The molecule has 6 heteroatoms. The maximum atomic E-state index is 11.8. The topological polar surface area (TPSA) is 66.0 Å². The maximum Gasteiger partial charge on any atom is 0.223 e. The zero-order chi connectivity index (χ0) is 21.2. The summed E-state index contributed by atoms with van der Waals surface area (Å²) in [4.78, 5) is 18.1. The number of ether oxygens (including phenoxy) is 1. The van der Waals surface area contributed by atoms with Crippen LogP contribution in [0, 0.1) is 6.92 Å². The maximum absolute atomic E-state index is 11.8. The Hall–Kier alpha value is -3.02. The Morgan fingerprint density at radius 1 is 1.10 bits per heavy atom. The van der Waals surface area contributed by atoms with Crippen LogP contribution in [-0.2, 0) is 11.3 Å². The second kappa shape index (κ2) is 11.1. The third kappa shape index (κ3) is 7.86. The van der Waals surface area contributed by atoms with Crippen LogP contribution < -0.4 is 15.4 Å². The molecule has 0 unspecified atom stereocenters. The second-order valence-electron chi connectivity index (χ2n) is 7.37. The van der Waals surface area contributed by atoms with Crippen molar-refractivity contribution in [2.45, 2.75) is 39.8 Å². The van der Waals surface area contributed by atoms with E-state index in [2.05, 4.69) is 29.7 Å². The van der Waals surface area contributed by atoms with Gasteiger partial charge in [0.2, 0.25) is 5.91 Å². The number of carbonyl (C=O) groups is 1. The van der Waals surface area contributed by atoms with Crippen LogP contribution in [0.25, 0.3) is 0 Å². The minimum absolute atomic E-state index is 0.0749. The molecule has 0 aromatic heterocycles. The minimum atomic E-state index is 0.0749. The van der Waals surface area contributed by atoms with E-state index >= 15 is 0 Å². The molecule has 2 aromatic rings. The molecule has 0 heterocycles. The molecule has 2 aromatic carbocycles. The molecule has 0 spiro atoms. The van der Waals surface area contributed by atoms with E-state index in [1.807, 2.05) is 50.2 Å². The number of guanidine groups is 1. The summed E-state index contributed by atoms with van der Waals surface area (Å²) >= 11 is 0. The van der Waals surface area contributed by atoms with Gasteiger partial charge in [-0.3, -0.25) is 4.79 Å². The molecular weight excluding hydrogens is 364 g/mol. The van der Waals surface area contributed by atoms with Crippen LogP contribution in [0.2, 0.25) is 0 Å². The van der Waals surface area contributed by atoms with Gasteiger partial charge in [-0.1, -0.05) is 24.3 Å². The van der Waals surface area contributed by atoms with Crippen LogP contribution in [0.4, 0.5) is 5.69 Å². The van der Waals surface area contributed by atoms with Crippen molar-refractivity contribution in [3.63, 3.8) is 0 Å². The van der Waals surface area contributed by atoms with Crippen LogP contribution in [0.15, 0.2) is 53.5 Å². The first-order chi connectivity index (χ1) is 13.8. The fraction of sp³-hybridized carbons (Fsp3) is 0.391. The van der Waals surface area contributed by atoms with Crippen molar-refractivity contribution in [3.8, 4) is 5.75 Å². The predicted molar refractivity (Wildman–Crippen MR) is 119 cm³/mol. The quantitative estimate of drug-likeness (QED) is 0.526. The Balaban J connectivity index is 2.07. The van der Waals surface area contributed by atoms with Crippen LogP contribution >= 0.6 is 0 Å². The Bertz CT molecular complexity index is 814. The van der Waals surface area contributed by atoms with E-state index in [1.165, 1.54) is 11.1 Å².